The van der Waals surface area contributed by atoms with Gasteiger partial charge in [-0.15, -0.1) is 21.5 Å². The van der Waals surface area contributed by atoms with Crippen molar-refractivity contribution < 1.29 is 4.79 Å². The molecule has 124 valence electrons. The van der Waals surface area contributed by atoms with Gasteiger partial charge in [0.15, 0.2) is 0 Å². The van der Waals surface area contributed by atoms with Crippen molar-refractivity contribution in [3.8, 4) is 11.9 Å². The fraction of sp³-hybridized carbons (Fsp3) is 0.235. The van der Waals surface area contributed by atoms with Crippen molar-refractivity contribution in [2.45, 2.75) is 25.7 Å². The molecule has 0 unspecified atom stereocenters. The molecule has 0 atom stereocenters. The number of hydrogen-bond donors (Lipinski definition) is 1. The average Bonchev–Trinajstić information content (AvgIpc) is 3.29. The highest BCUT2D eigenvalue weighted by atomic mass is 32.1. The maximum Gasteiger partial charge on any atom is 0.274 e. The fourth-order valence-corrected chi connectivity index (χ4v) is 4.19. The van der Waals surface area contributed by atoms with Crippen molar-refractivity contribution in [2.24, 2.45) is 0 Å². The third-order valence-corrected chi connectivity index (χ3v) is 5.37. The second kappa shape index (κ2) is 6.45. The normalized spacial score (nSPS) is 13.1. The number of aromatic nitrogens is 4. The van der Waals surface area contributed by atoms with Gasteiger partial charge in [0.25, 0.3) is 5.91 Å². The molecule has 1 N–H and O–H groups in total. The minimum absolute atomic E-state index is 0.279. The van der Waals surface area contributed by atoms with Crippen molar-refractivity contribution in [2.75, 3.05) is 5.32 Å². The number of carbonyl (C=O) groups excluding carboxylic acids is 1. The van der Waals surface area contributed by atoms with Crippen LogP contribution in [0.1, 0.15) is 39.3 Å². The van der Waals surface area contributed by atoms with Gasteiger partial charge in [-0.2, -0.15) is 5.26 Å². The summed E-state index contributed by atoms with van der Waals surface area (Å²) in [5, 5.41) is 20.4. The Morgan fingerprint density at radius 2 is 2.04 bits per heavy atom. The van der Waals surface area contributed by atoms with Crippen LogP contribution in [-0.2, 0) is 12.8 Å². The first-order chi connectivity index (χ1) is 12.3. The summed E-state index contributed by atoms with van der Waals surface area (Å²) in [6.45, 7) is 0. The van der Waals surface area contributed by atoms with Crippen molar-refractivity contribution in [1.29, 1.82) is 5.26 Å². The first-order valence-electron chi connectivity index (χ1n) is 7.94. The summed E-state index contributed by atoms with van der Waals surface area (Å²) in [6, 6.07) is 7.41. The summed E-state index contributed by atoms with van der Waals surface area (Å²) >= 11 is 1.50. The highest BCUT2D eigenvalue weighted by molar-refractivity contribution is 7.16. The van der Waals surface area contributed by atoms with Crippen LogP contribution >= 0.6 is 11.3 Å². The number of nitrogens with zero attached hydrogens (tertiary/aromatic N) is 5. The van der Waals surface area contributed by atoms with E-state index in [4.69, 9.17) is 0 Å². The average molecular weight is 350 g/mol. The Balaban J connectivity index is 1.62. The highest BCUT2D eigenvalue weighted by Crippen LogP contribution is 2.37. The number of carbonyl (C=O) groups is 1. The number of rotatable bonds is 3. The summed E-state index contributed by atoms with van der Waals surface area (Å²) in [7, 11) is 0. The Labute approximate surface area is 148 Å². The quantitative estimate of drug-likeness (QED) is 0.783. The van der Waals surface area contributed by atoms with Gasteiger partial charge < -0.3 is 5.32 Å². The van der Waals surface area contributed by atoms with E-state index in [1.54, 1.807) is 22.8 Å². The highest BCUT2D eigenvalue weighted by Gasteiger charge is 2.22. The number of aryl methyl sites for hydroxylation is 1. The molecule has 1 amide bonds. The molecule has 3 aromatic heterocycles. The summed E-state index contributed by atoms with van der Waals surface area (Å²) in [4.78, 5) is 18.2. The van der Waals surface area contributed by atoms with Crippen molar-refractivity contribution >= 4 is 22.2 Å². The lowest BCUT2D eigenvalue weighted by Gasteiger charge is -2.09. The largest absolute Gasteiger partial charge is 0.311 e. The Hall–Kier alpha value is -3.05. The van der Waals surface area contributed by atoms with Gasteiger partial charge in [-0.3, -0.25) is 9.36 Å². The summed E-state index contributed by atoms with van der Waals surface area (Å²) in [5.74, 6) is 0.230. The van der Waals surface area contributed by atoms with E-state index in [2.05, 4.69) is 26.6 Å². The van der Waals surface area contributed by atoms with Crippen LogP contribution in [0.25, 0.3) is 5.82 Å². The van der Waals surface area contributed by atoms with Gasteiger partial charge >= 0.3 is 0 Å². The Kier molecular flexibility index (Phi) is 3.99. The number of hydrogen-bond acceptors (Lipinski definition) is 6. The third-order valence-electron chi connectivity index (χ3n) is 4.16. The zero-order valence-electron chi connectivity index (χ0n) is 13.3. The van der Waals surface area contributed by atoms with E-state index < -0.39 is 0 Å². The first kappa shape index (κ1) is 15.5. The number of fused-ring (bicyclic) bond motifs is 1. The maximum absolute atomic E-state index is 12.6. The van der Waals surface area contributed by atoms with Gasteiger partial charge in [-0.25, -0.2) is 4.98 Å². The molecule has 3 heterocycles. The van der Waals surface area contributed by atoms with E-state index in [1.807, 2.05) is 0 Å². The van der Waals surface area contributed by atoms with Gasteiger partial charge in [-0.05, 0) is 43.4 Å². The first-order valence-corrected chi connectivity index (χ1v) is 8.76. The molecule has 25 heavy (non-hydrogen) atoms. The molecule has 7 nitrogen and oxygen atoms in total. The fourth-order valence-electron chi connectivity index (χ4n) is 2.95. The lowest BCUT2D eigenvalue weighted by atomic mass is 9.96. The van der Waals surface area contributed by atoms with Crippen molar-refractivity contribution in [3.63, 3.8) is 0 Å². The summed E-state index contributed by atoms with van der Waals surface area (Å²) in [6.07, 6.45) is 7.15. The monoisotopic (exact) mass is 350 g/mol. The van der Waals surface area contributed by atoms with Crippen LogP contribution in [0.3, 0.4) is 0 Å². The molecule has 0 spiro atoms. The molecule has 4 rings (SSSR count). The molecule has 8 heteroatoms. The molecule has 0 radical (unpaired) electrons. The van der Waals surface area contributed by atoms with Crippen LogP contribution in [0.5, 0.6) is 0 Å². The van der Waals surface area contributed by atoms with Crippen molar-refractivity contribution in [1.82, 2.24) is 19.7 Å². The second-order valence-corrected chi connectivity index (χ2v) is 6.84. The third kappa shape index (κ3) is 2.90. The van der Waals surface area contributed by atoms with Crippen LogP contribution < -0.4 is 5.32 Å². The molecule has 0 saturated heterocycles. The van der Waals surface area contributed by atoms with Gasteiger partial charge in [0.2, 0.25) is 0 Å². The van der Waals surface area contributed by atoms with Gasteiger partial charge in [-0.1, -0.05) is 6.07 Å². The van der Waals surface area contributed by atoms with Crippen molar-refractivity contribution in [3.05, 3.63) is 52.6 Å². The zero-order valence-corrected chi connectivity index (χ0v) is 14.1. The Morgan fingerprint density at radius 1 is 1.24 bits per heavy atom. The molecule has 3 aromatic rings. The number of thiophene rings is 1. The summed E-state index contributed by atoms with van der Waals surface area (Å²) < 4.78 is 1.63. The molecular formula is C17H14N6OS. The van der Waals surface area contributed by atoms with Crippen LogP contribution in [0.4, 0.5) is 5.00 Å². The van der Waals surface area contributed by atoms with E-state index in [0.717, 1.165) is 31.2 Å². The van der Waals surface area contributed by atoms with Gasteiger partial charge in [0.05, 0.1) is 5.56 Å². The van der Waals surface area contributed by atoms with E-state index in [9.17, 15) is 10.1 Å². The lowest BCUT2D eigenvalue weighted by Crippen LogP contribution is -2.14. The number of pyridine rings is 1. The minimum Gasteiger partial charge on any atom is -0.311 e. The van der Waals surface area contributed by atoms with E-state index in [-0.39, 0.29) is 11.6 Å². The van der Waals surface area contributed by atoms with E-state index in [1.165, 1.54) is 28.9 Å². The number of nitrogens with one attached hydrogen (secondary N) is 1. The predicted octanol–water partition coefficient (Wildman–Crippen LogP) is 2.73. The second-order valence-electron chi connectivity index (χ2n) is 5.73. The molecule has 0 bridgehead atoms. The Morgan fingerprint density at radius 3 is 2.84 bits per heavy atom. The van der Waals surface area contributed by atoms with Crippen LogP contribution in [0, 0.1) is 11.3 Å². The Bertz CT molecular complexity index is 970. The molecule has 1 aliphatic carbocycles. The number of anilines is 1. The standard InChI is InChI=1S/C17H14N6OS/c18-8-12-11-4-1-2-6-14(11)25-17(12)22-16(24)13-5-3-7-15(21-13)23-9-19-20-10-23/h3,5,7,9-10H,1-2,4,6H2,(H,22,24). The maximum atomic E-state index is 12.6. The van der Waals surface area contributed by atoms with E-state index in [0.29, 0.717) is 16.4 Å². The number of nitriles is 1. The summed E-state index contributed by atoms with van der Waals surface area (Å²) in [5.41, 5.74) is 1.98. The molecule has 1 aliphatic rings. The molecule has 0 aromatic carbocycles. The van der Waals surface area contributed by atoms with E-state index >= 15 is 0 Å². The SMILES string of the molecule is N#Cc1c(NC(=O)c2cccc(-n3cnnc3)n2)sc2c1CCCC2. The molecular weight excluding hydrogens is 336 g/mol. The lowest BCUT2D eigenvalue weighted by molar-refractivity contribution is 0.102. The zero-order chi connectivity index (χ0) is 17.2. The van der Waals surface area contributed by atoms with Gasteiger partial charge in [0, 0.05) is 4.88 Å². The van der Waals surface area contributed by atoms with Crippen LogP contribution in [-0.4, -0.2) is 25.7 Å². The minimum atomic E-state index is -0.329. The number of amides is 1. The molecule has 0 aliphatic heterocycles. The van der Waals surface area contributed by atoms with Crippen LogP contribution in [0.2, 0.25) is 0 Å². The smallest absolute Gasteiger partial charge is 0.274 e. The van der Waals surface area contributed by atoms with Crippen LogP contribution in [0.15, 0.2) is 30.9 Å². The predicted molar refractivity (Wildman–Crippen MR) is 92.8 cm³/mol. The molecule has 0 fully saturated rings. The molecule has 0 saturated carbocycles. The van der Waals surface area contributed by atoms with Gasteiger partial charge in [0.1, 0.15) is 35.2 Å². The topological polar surface area (TPSA) is 96.5 Å².